The zero-order valence-corrected chi connectivity index (χ0v) is 25.9. The Bertz CT molecular complexity index is 1490. The van der Waals surface area contributed by atoms with Gasteiger partial charge < -0.3 is 18.3 Å². The van der Waals surface area contributed by atoms with Gasteiger partial charge in [0.05, 0.1) is 48.4 Å². The number of hydrogen-bond acceptors (Lipinski definition) is 11. The van der Waals surface area contributed by atoms with Gasteiger partial charge >= 0.3 is 11.9 Å². The lowest BCUT2D eigenvalue weighted by atomic mass is 10.2. The Balaban J connectivity index is 0.000000212. The first kappa shape index (κ1) is 30.1. The van der Waals surface area contributed by atoms with Crippen molar-refractivity contribution in [1.82, 2.24) is 9.97 Å². The minimum absolute atomic E-state index is 0.141. The maximum atomic E-state index is 12.3. The van der Waals surface area contributed by atoms with E-state index in [-0.39, 0.29) is 22.4 Å². The molecule has 0 atom stereocenters. The zero-order valence-electron chi connectivity index (χ0n) is 19.9. The maximum absolute atomic E-state index is 12.3. The molecule has 0 aliphatic heterocycles. The summed E-state index contributed by atoms with van der Waals surface area (Å²) in [5.74, 6) is 0.696. The number of carbonyl (C=O) groups is 2. The molecule has 0 aliphatic carbocycles. The highest BCUT2D eigenvalue weighted by Crippen LogP contribution is 2.28. The topological polar surface area (TPSA) is 139 Å². The van der Waals surface area contributed by atoms with E-state index in [1.54, 1.807) is 24.0 Å². The van der Waals surface area contributed by atoms with E-state index in [1.165, 1.54) is 51.4 Å². The third kappa shape index (κ3) is 8.28. The molecule has 0 bridgehead atoms. The highest BCUT2D eigenvalue weighted by Gasteiger charge is 2.21. The molecule has 0 amide bonds. The molecule has 2 aromatic carbocycles. The van der Waals surface area contributed by atoms with Gasteiger partial charge in [0.2, 0.25) is 0 Å². The summed E-state index contributed by atoms with van der Waals surface area (Å²) < 4.78 is 45.4. The second-order valence-corrected chi connectivity index (χ2v) is 12.6. The molecule has 0 N–H and O–H groups in total. The Morgan fingerprint density at radius 1 is 0.868 bits per heavy atom. The molecule has 0 radical (unpaired) electrons. The van der Waals surface area contributed by atoms with Crippen molar-refractivity contribution in [3.8, 4) is 0 Å². The molecule has 0 fully saturated rings. The Hall–Kier alpha value is -2.44. The smallest absolute Gasteiger partial charge is 0.337 e. The SMILES string of the molecule is COC(=O)c1ccc(S(=O)(=O)Cc2cnco2)c(I)c1.COC(=O)c1ccc(SCc2cnco2)c(I)c1. The summed E-state index contributed by atoms with van der Waals surface area (Å²) in [5, 5.41) is 0. The summed E-state index contributed by atoms with van der Waals surface area (Å²) in [5.41, 5.74) is 0.862. The molecule has 4 rings (SSSR count). The lowest BCUT2D eigenvalue weighted by molar-refractivity contribution is 0.0591. The highest BCUT2D eigenvalue weighted by molar-refractivity contribution is 14.1. The van der Waals surface area contributed by atoms with Crippen LogP contribution >= 0.6 is 56.9 Å². The number of sulfone groups is 1. The predicted molar refractivity (Wildman–Crippen MR) is 154 cm³/mol. The minimum atomic E-state index is -3.56. The molecular formula is C24H20I2N2O8S2. The molecule has 0 unspecified atom stereocenters. The second-order valence-electron chi connectivity index (χ2n) is 7.26. The van der Waals surface area contributed by atoms with E-state index in [9.17, 15) is 18.0 Å². The molecule has 38 heavy (non-hydrogen) atoms. The molecule has 0 aliphatic rings. The van der Waals surface area contributed by atoms with Gasteiger partial charge in [-0.05, 0) is 81.6 Å². The monoisotopic (exact) mass is 782 g/mol. The molecule has 2 aromatic heterocycles. The number of rotatable bonds is 8. The van der Waals surface area contributed by atoms with Crippen molar-refractivity contribution in [3.05, 3.63) is 91.4 Å². The third-order valence-electron chi connectivity index (χ3n) is 4.71. The summed E-state index contributed by atoms with van der Waals surface area (Å²) in [7, 11) is -0.912. The summed E-state index contributed by atoms with van der Waals surface area (Å²) in [6, 6.07) is 9.77. The van der Waals surface area contributed by atoms with Gasteiger partial charge in [-0.2, -0.15) is 0 Å². The number of nitrogens with zero attached hydrogens (tertiary/aromatic N) is 2. The number of benzene rings is 2. The molecule has 0 saturated carbocycles. The van der Waals surface area contributed by atoms with E-state index < -0.39 is 15.8 Å². The number of esters is 2. The van der Waals surface area contributed by atoms with Crippen molar-refractivity contribution in [2.75, 3.05) is 14.2 Å². The van der Waals surface area contributed by atoms with E-state index in [0.29, 0.717) is 20.4 Å². The van der Waals surface area contributed by atoms with Crippen LogP contribution in [0.25, 0.3) is 0 Å². The minimum Gasteiger partial charge on any atom is -0.465 e. The van der Waals surface area contributed by atoms with E-state index >= 15 is 0 Å². The van der Waals surface area contributed by atoms with Crippen molar-refractivity contribution < 1.29 is 36.3 Å². The Morgan fingerprint density at radius 2 is 1.42 bits per heavy atom. The molecule has 0 saturated heterocycles. The summed E-state index contributed by atoms with van der Waals surface area (Å²) in [6.07, 6.45) is 5.65. The first-order chi connectivity index (χ1) is 18.1. The Labute approximate surface area is 250 Å². The van der Waals surface area contributed by atoms with Crippen LogP contribution in [0.5, 0.6) is 0 Å². The van der Waals surface area contributed by atoms with Gasteiger partial charge in [0.1, 0.15) is 17.3 Å². The summed E-state index contributed by atoms with van der Waals surface area (Å²) >= 11 is 5.71. The molecule has 10 nitrogen and oxygen atoms in total. The fourth-order valence-corrected chi connectivity index (χ4v) is 7.51. The van der Waals surface area contributed by atoms with Gasteiger partial charge in [-0.25, -0.2) is 28.0 Å². The number of methoxy groups -OCH3 is 2. The van der Waals surface area contributed by atoms with Crippen molar-refractivity contribution in [1.29, 1.82) is 0 Å². The standard InChI is InChI=1S/C12H10INO5S.C12H10INO3S/c1-18-12(15)8-2-3-11(10(13)4-8)20(16,17)6-9-5-14-7-19-9;1-16-12(15)8-2-3-11(10(13)4-8)18-6-9-5-14-7-17-9/h2-5,7H,6H2,1H3;2-5,7H,6H2,1H3. The summed E-state index contributed by atoms with van der Waals surface area (Å²) in [4.78, 5) is 31.5. The lowest BCUT2D eigenvalue weighted by Gasteiger charge is -2.07. The van der Waals surface area contributed by atoms with Crippen LogP contribution in [-0.2, 0) is 30.8 Å². The van der Waals surface area contributed by atoms with Gasteiger partial charge in [-0.1, -0.05) is 0 Å². The van der Waals surface area contributed by atoms with Crippen LogP contribution in [0.15, 0.2) is 80.2 Å². The van der Waals surface area contributed by atoms with Crippen LogP contribution in [-0.4, -0.2) is 44.5 Å². The van der Waals surface area contributed by atoms with Crippen molar-refractivity contribution in [3.63, 3.8) is 0 Å². The van der Waals surface area contributed by atoms with Crippen molar-refractivity contribution in [2.45, 2.75) is 21.3 Å². The number of halogens is 2. The largest absolute Gasteiger partial charge is 0.465 e. The van der Waals surface area contributed by atoms with Crippen LogP contribution < -0.4 is 0 Å². The first-order valence-corrected chi connectivity index (χ1v) is 15.3. The fraction of sp³-hybridized carbons (Fsp3) is 0.167. The number of ether oxygens (including phenoxy) is 2. The molecule has 200 valence electrons. The molecule has 2 heterocycles. The van der Waals surface area contributed by atoms with Gasteiger partial charge in [-0.3, -0.25) is 0 Å². The van der Waals surface area contributed by atoms with Crippen LogP contribution in [0.1, 0.15) is 32.2 Å². The van der Waals surface area contributed by atoms with E-state index in [4.69, 9.17) is 8.83 Å². The van der Waals surface area contributed by atoms with Crippen LogP contribution in [0.3, 0.4) is 0 Å². The lowest BCUT2D eigenvalue weighted by Crippen LogP contribution is -2.08. The van der Waals surface area contributed by atoms with Crippen LogP contribution in [0.2, 0.25) is 0 Å². The molecule has 14 heteroatoms. The number of aromatic nitrogens is 2. The highest BCUT2D eigenvalue weighted by atomic mass is 127. The number of hydrogen-bond donors (Lipinski definition) is 0. The van der Waals surface area contributed by atoms with Crippen LogP contribution in [0, 0.1) is 7.14 Å². The normalized spacial score (nSPS) is 10.8. The van der Waals surface area contributed by atoms with Crippen molar-refractivity contribution >= 4 is 78.7 Å². The quantitative estimate of drug-likeness (QED) is 0.129. The molecule has 0 spiro atoms. The van der Waals surface area contributed by atoms with E-state index in [1.807, 2.05) is 34.7 Å². The van der Waals surface area contributed by atoms with Gasteiger partial charge in [0, 0.05) is 12.0 Å². The molecular weight excluding hydrogens is 762 g/mol. The average molecular weight is 782 g/mol. The third-order valence-corrected chi connectivity index (χ3v) is 10.0. The van der Waals surface area contributed by atoms with E-state index in [2.05, 4.69) is 42.0 Å². The number of carbonyl (C=O) groups excluding carboxylic acids is 2. The fourth-order valence-electron chi connectivity index (χ4n) is 2.90. The Kier molecular flexibility index (Phi) is 11.2. The van der Waals surface area contributed by atoms with Gasteiger partial charge in [0.15, 0.2) is 22.6 Å². The summed E-state index contributed by atoms with van der Waals surface area (Å²) in [6.45, 7) is 0. The maximum Gasteiger partial charge on any atom is 0.337 e. The average Bonchev–Trinajstić information content (AvgIpc) is 3.61. The van der Waals surface area contributed by atoms with Crippen LogP contribution in [0.4, 0.5) is 0 Å². The predicted octanol–water partition coefficient (Wildman–Crippen LogP) is 5.40. The van der Waals surface area contributed by atoms with Gasteiger partial charge in [0.25, 0.3) is 0 Å². The van der Waals surface area contributed by atoms with Gasteiger partial charge in [-0.15, -0.1) is 11.8 Å². The number of oxazole rings is 2. The Morgan fingerprint density at radius 3 is 1.92 bits per heavy atom. The number of thioether (sulfide) groups is 1. The van der Waals surface area contributed by atoms with E-state index in [0.717, 1.165) is 14.2 Å². The zero-order chi connectivity index (χ0) is 27.7. The molecule has 4 aromatic rings. The first-order valence-electron chi connectivity index (χ1n) is 10.5. The van der Waals surface area contributed by atoms with Crippen molar-refractivity contribution in [2.24, 2.45) is 0 Å². The second kappa shape index (κ2) is 14.1.